The molecule has 1 aliphatic heterocycles. The quantitative estimate of drug-likeness (QED) is 0.726. The Kier molecular flexibility index (Phi) is 4.18. The molecular weight excluding hydrogens is 384 g/mol. The highest BCUT2D eigenvalue weighted by molar-refractivity contribution is 14.1. The predicted octanol–water partition coefficient (Wildman–Crippen LogP) is 2.33. The largest absolute Gasteiger partial charge is 0.350 e. The van der Waals surface area contributed by atoms with Gasteiger partial charge in [0, 0.05) is 41.6 Å². The third-order valence-corrected chi connectivity index (χ3v) is 4.08. The van der Waals surface area contributed by atoms with E-state index in [1.807, 2.05) is 12.4 Å². The highest BCUT2D eigenvalue weighted by Gasteiger charge is 2.26. The molecular formula is C14H15FIN5. The van der Waals surface area contributed by atoms with Crippen molar-refractivity contribution in [2.45, 2.75) is 13.0 Å². The monoisotopic (exact) mass is 399 g/mol. The lowest BCUT2D eigenvalue weighted by molar-refractivity contribution is 0.537. The second-order valence-electron chi connectivity index (χ2n) is 5.02. The molecule has 0 bridgehead atoms. The van der Waals surface area contributed by atoms with Gasteiger partial charge in [0.25, 0.3) is 0 Å². The summed E-state index contributed by atoms with van der Waals surface area (Å²) in [7, 11) is 0. The van der Waals surface area contributed by atoms with Gasteiger partial charge in [0.15, 0.2) is 0 Å². The fourth-order valence-electron chi connectivity index (χ4n) is 2.49. The zero-order valence-electron chi connectivity index (χ0n) is 11.6. The Labute approximate surface area is 136 Å². The molecule has 1 fully saturated rings. The molecule has 0 unspecified atom stereocenters. The van der Waals surface area contributed by atoms with E-state index < -0.39 is 0 Å². The zero-order chi connectivity index (χ0) is 14.8. The minimum atomic E-state index is -0.308. The summed E-state index contributed by atoms with van der Waals surface area (Å²) in [4.78, 5) is 17.3. The summed E-state index contributed by atoms with van der Waals surface area (Å²) in [6.45, 7) is 4.59. The van der Waals surface area contributed by atoms with Gasteiger partial charge < -0.3 is 9.80 Å². The number of halogens is 2. The molecule has 0 N–H and O–H groups in total. The molecule has 2 aromatic heterocycles. The maximum Gasteiger partial charge on any atom is 0.225 e. The lowest BCUT2D eigenvalue weighted by atomic mass is 10.2. The number of hydrogen-bond acceptors (Lipinski definition) is 5. The topological polar surface area (TPSA) is 45.2 Å². The van der Waals surface area contributed by atoms with Crippen molar-refractivity contribution in [1.82, 2.24) is 15.0 Å². The van der Waals surface area contributed by atoms with E-state index in [9.17, 15) is 4.39 Å². The van der Waals surface area contributed by atoms with Gasteiger partial charge in [-0.15, -0.1) is 0 Å². The second kappa shape index (κ2) is 6.08. The Morgan fingerprint density at radius 2 is 1.90 bits per heavy atom. The van der Waals surface area contributed by atoms with E-state index in [0.717, 1.165) is 35.0 Å². The molecule has 1 atom stereocenters. The first-order valence-corrected chi connectivity index (χ1v) is 7.82. The zero-order valence-corrected chi connectivity index (χ0v) is 13.7. The Morgan fingerprint density at radius 3 is 2.52 bits per heavy atom. The summed E-state index contributed by atoms with van der Waals surface area (Å²) >= 11 is 2.19. The van der Waals surface area contributed by atoms with Crippen molar-refractivity contribution in [3.63, 3.8) is 0 Å². The lowest BCUT2D eigenvalue weighted by Crippen LogP contribution is -2.52. The molecule has 5 nitrogen and oxygen atoms in total. The van der Waals surface area contributed by atoms with Crippen LogP contribution in [0.15, 0.2) is 30.7 Å². The number of aromatic nitrogens is 3. The highest BCUT2D eigenvalue weighted by atomic mass is 127. The average Bonchev–Trinajstić information content (AvgIpc) is 2.49. The number of pyridine rings is 1. The second-order valence-corrected chi connectivity index (χ2v) is 6.27. The summed E-state index contributed by atoms with van der Waals surface area (Å²) < 4.78 is 14.0. The lowest BCUT2D eigenvalue weighted by Gasteiger charge is -2.40. The van der Waals surface area contributed by atoms with Gasteiger partial charge >= 0.3 is 0 Å². The number of nitrogens with zero attached hydrogens (tertiary/aromatic N) is 5. The third-order valence-electron chi connectivity index (χ3n) is 3.52. The van der Waals surface area contributed by atoms with Crippen LogP contribution < -0.4 is 9.80 Å². The van der Waals surface area contributed by atoms with Crippen LogP contribution >= 0.6 is 22.6 Å². The van der Waals surface area contributed by atoms with Gasteiger partial charge in [-0.1, -0.05) is 0 Å². The summed E-state index contributed by atoms with van der Waals surface area (Å²) in [5, 5.41) is 0. The molecule has 2 aromatic rings. The van der Waals surface area contributed by atoms with Crippen LogP contribution in [0.3, 0.4) is 0 Å². The summed E-state index contributed by atoms with van der Waals surface area (Å²) in [5.41, 5.74) is 0. The fraction of sp³-hybridized carbons (Fsp3) is 0.357. The minimum Gasteiger partial charge on any atom is -0.350 e. The van der Waals surface area contributed by atoms with Gasteiger partial charge in [0.05, 0.1) is 6.20 Å². The normalized spacial score (nSPS) is 18.9. The van der Waals surface area contributed by atoms with Gasteiger partial charge in [-0.05, 0) is 41.6 Å². The van der Waals surface area contributed by atoms with E-state index in [2.05, 4.69) is 54.3 Å². The van der Waals surface area contributed by atoms with Gasteiger partial charge in [-0.2, -0.15) is 0 Å². The van der Waals surface area contributed by atoms with Crippen LogP contribution in [-0.4, -0.2) is 40.6 Å². The first-order valence-electron chi connectivity index (χ1n) is 6.74. The molecule has 0 radical (unpaired) electrons. The molecule has 0 amide bonds. The Hall–Kier alpha value is -1.51. The number of hydrogen-bond donors (Lipinski definition) is 0. The molecule has 0 aromatic carbocycles. The van der Waals surface area contributed by atoms with Gasteiger partial charge in [0.1, 0.15) is 11.6 Å². The van der Waals surface area contributed by atoms with Crippen LogP contribution in [0.4, 0.5) is 16.2 Å². The van der Waals surface area contributed by atoms with Gasteiger partial charge in [-0.3, -0.25) is 0 Å². The number of piperazine rings is 1. The van der Waals surface area contributed by atoms with E-state index in [1.165, 1.54) is 12.3 Å². The van der Waals surface area contributed by atoms with Crippen molar-refractivity contribution in [3.05, 3.63) is 40.1 Å². The van der Waals surface area contributed by atoms with Crippen LogP contribution in [0.2, 0.25) is 0 Å². The van der Waals surface area contributed by atoms with E-state index in [-0.39, 0.29) is 11.9 Å². The van der Waals surface area contributed by atoms with Gasteiger partial charge in [0.2, 0.25) is 5.95 Å². The van der Waals surface area contributed by atoms with E-state index in [1.54, 1.807) is 6.07 Å². The van der Waals surface area contributed by atoms with Crippen molar-refractivity contribution in [2.24, 2.45) is 0 Å². The molecule has 1 saturated heterocycles. The number of rotatable bonds is 2. The Bertz CT molecular complexity index is 604. The van der Waals surface area contributed by atoms with Crippen molar-refractivity contribution in [2.75, 3.05) is 29.4 Å². The molecule has 3 rings (SSSR count). The highest BCUT2D eigenvalue weighted by Crippen LogP contribution is 2.20. The summed E-state index contributed by atoms with van der Waals surface area (Å²) in [5.74, 6) is 1.26. The predicted molar refractivity (Wildman–Crippen MR) is 88.0 cm³/mol. The smallest absolute Gasteiger partial charge is 0.225 e. The van der Waals surface area contributed by atoms with Crippen LogP contribution in [0, 0.1) is 9.39 Å². The average molecular weight is 399 g/mol. The van der Waals surface area contributed by atoms with Crippen molar-refractivity contribution in [1.29, 1.82) is 0 Å². The van der Waals surface area contributed by atoms with Crippen molar-refractivity contribution < 1.29 is 4.39 Å². The van der Waals surface area contributed by atoms with Crippen LogP contribution in [0.5, 0.6) is 0 Å². The Balaban J connectivity index is 1.72. The van der Waals surface area contributed by atoms with Crippen LogP contribution in [0.25, 0.3) is 0 Å². The summed E-state index contributed by atoms with van der Waals surface area (Å²) in [6.07, 6.45) is 4.90. The molecule has 110 valence electrons. The molecule has 1 aliphatic rings. The molecule has 7 heteroatoms. The fourth-order valence-corrected chi connectivity index (χ4v) is 2.76. The van der Waals surface area contributed by atoms with E-state index in [0.29, 0.717) is 0 Å². The number of anilines is 2. The maximum absolute atomic E-state index is 13.0. The SMILES string of the molecule is C[C@H]1CN(c2ncc(I)cn2)CCN1c1ccc(F)cn1. The summed E-state index contributed by atoms with van der Waals surface area (Å²) in [6, 6.07) is 3.44. The van der Waals surface area contributed by atoms with Crippen LogP contribution in [0.1, 0.15) is 6.92 Å². The molecule has 0 aliphatic carbocycles. The third kappa shape index (κ3) is 3.22. The minimum absolute atomic E-state index is 0.264. The molecule has 21 heavy (non-hydrogen) atoms. The maximum atomic E-state index is 13.0. The van der Waals surface area contributed by atoms with Crippen molar-refractivity contribution in [3.8, 4) is 0 Å². The van der Waals surface area contributed by atoms with Crippen molar-refractivity contribution >= 4 is 34.4 Å². The van der Waals surface area contributed by atoms with E-state index >= 15 is 0 Å². The Morgan fingerprint density at radius 1 is 1.14 bits per heavy atom. The first kappa shape index (κ1) is 14.4. The molecule has 3 heterocycles. The van der Waals surface area contributed by atoms with Gasteiger partial charge in [-0.25, -0.2) is 19.3 Å². The van der Waals surface area contributed by atoms with E-state index in [4.69, 9.17) is 0 Å². The molecule has 0 saturated carbocycles. The first-order chi connectivity index (χ1) is 10.1. The molecule has 0 spiro atoms. The van der Waals surface area contributed by atoms with Crippen LogP contribution in [-0.2, 0) is 0 Å². The standard InChI is InChI=1S/C14H15FIN5/c1-10-9-20(14-18-7-12(16)8-19-14)4-5-21(10)13-3-2-11(15)6-17-13/h2-3,6-8,10H,4-5,9H2,1H3/t10-/m0/s1.